The van der Waals surface area contributed by atoms with Crippen molar-refractivity contribution in [1.82, 2.24) is 20.1 Å². The van der Waals surface area contributed by atoms with Gasteiger partial charge in [0.05, 0.1) is 5.69 Å². The van der Waals surface area contributed by atoms with E-state index in [2.05, 4.69) is 74.7 Å². The number of aromatic nitrogens is 1. The van der Waals surface area contributed by atoms with E-state index in [0.717, 1.165) is 67.9 Å². The maximum absolute atomic E-state index is 13.0. The molecule has 1 aromatic heterocycles. The molecule has 3 aliphatic heterocycles. The van der Waals surface area contributed by atoms with Crippen molar-refractivity contribution in [3.63, 3.8) is 0 Å². The summed E-state index contributed by atoms with van der Waals surface area (Å²) in [5, 5.41) is 3.44. The molecule has 174 valence electrons. The largest absolute Gasteiger partial charge is 0.330 e. The van der Waals surface area contributed by atoms with Gasteiger partial charge in [-0.25, -0.2) is 0 Å². The Bertz CT molecular complexity index is 1170. The molecule has 2 atom stereocenters. The van der Waals surface area contributed by atoms with Crippen LogP contribution in [0.15, 0.2) is 66.9 Å². The Balaban J connectivity index is 1.15. The minimum Gasteiger partial charge on any atom is -0.330 e. The van der Waals surface area contributed by atoms with Crippen LogP contribution in [0, 0.1) is 0 Å². The van der Waals surface area contributed by atoms with E-state index < -0.39 is 0 Å². The molecule has 1 amide bonds. The van der Waals surface area contributed by atoms with Gasteiger partial charge in [0.15, 0.2) is 0 Å². The fourth-order valence-electron chi connectivity index (χ4n) is 5.86. The monoisotopic (exact) mass is 452 g/mol. The van der Waals surface area contributed by atoms with Gasteiger partial charge in [-0.1, -0.05) is 36.4 Å². The number of fused-ring (bicyclic) bond motifs is 1. The van der Waals surface area contributed by atoms with Crippen molar-refractivity contribution in [2.45, 2.75) is 44.3 Å². The Morgan fingerprint density at radius 1 is 1.03 bits per heavy atom. The molecule has 1 unspecified atom stereocenters. The van der Waals surface area contributed by atoms with Crippen molar-refractivity contribution >= 4 is 5.91 Å². The van der Waals surface area contributed by atoms with E-state index in [4.69, 9.17) is 0 Å². The van der Waals surface area contributed by atoms with Gasteiger partial charge in [0, 0.05) is 49.5 Å². The first-order valence-electron chi connectivity index (χ1n) is 12.6. The van der Waals surface area contributed by atoms with Crippen molar-refractivity contribution in [3.05, 3.63) is 89.1 Å². The van der Waals surface area contributed by atoms with Crippen LogP contribution in [0.1, 0.15) is 52.2 Å². The number of piperidine rings is 1. The molecule has 0 bridgehead atoms. The van der Waals surface area contributed by atoms with Crippen molar-refractivity contribution in [2.75, 3.05) is 26.2 Å². The first-order valence-corrected chi connectivity index (χ1v) is 12.6. The van der Waals surface area contributed by atoms with Gasteiger partial charge in [-0.3, -0.25) is 14.7 Å². The Hall–Kier alpha value is -3.02. The van der Waals surface area contributed by atoms with Gasteiger partial charge >= 0.3 is 0 Å². The maximum Gasteiger partial charge on any atom is 0.254 e. The Kier molecular flexibility index (Phi) is 5.90. The Morgan fingerprint density at radius 3 is 2.79 bits per heavy atom. The summed E-state index contributed by atoms with van der Waals surface area (Å²) in [6, 6.07) is 21.8. The average molecular weight is 453 g/mol. The van der Waals surface area contributed by atoms with Gasteiger partial charge in [-0.05, 0) is 79.2 Å². The van der Waals surface area contributed by atoms with E-state index in [1.807, 2.05) is 12.3 Å². The lowest BCUT2D eigenvalue weighted by Crippen LogP contribution is -2.46. The predicted molar refractivity (Wildman–Crippen MR) is 135 cm³/mol. The lowest BCUT2D eigenvalue weighted by molar-refractivity contribution is 0.0674. The molecule has 0 saturated carbocycles. The highest BCUT2D eigenvalue weighted by Gasteiger charge is 2.33. The van der Waals surface area contributed by atoms with Gasteiger partial charge in [0.2, 0.25) is 0 Å². The highest BCUT2D eigenvalue weighted by Crippen LogP contribution is 2.31. The number of pyridine rings is 1. The Morgan fingerprint density at radius 2 is 1.94 bits per heavy atom. The molecular weight excluding hydrogens is 420 g/mol. The summed E-state index contributed by atoms with van der Waals surface area (Å²) < 4.78 is 0. The molecule has 2 aromatic carbocycles. The predicted octanol–water partition coefficient (Wildman–Crippen LogP) is 4.45. The van der Waals surface area contributed by atoms with Crippen molar-refractivity contribution in [2.24, 2.45) is 0 Å². The molecule has 2 saturated heterocycles. The van der Waals surface area contributed by atoms with Crippen LogP contribution < -0.4 is 5.32 Å². The third-order valence-electron chi connectivity index (χ3n) is 7.72. The molecule has 6 rings (SSSR count). The summed E-state index contributed by atoms with van der Waals surface area (Å²) >= 11 is 0. The summed E-state index contributed by atoms with van der Waals surface area (Å²) in [7, 11) is 0. The van der Waals surface area contributed by atoms with Gasteiger partial charge in [-0.2, -0.15) is 0 Å². The van der Waals surface area contributed by atoms with Crippen LogP contribution >= 0.6 is 0 Å². The van der Waals surface area contributed by atoms with Crippen LogP contribution in [-0.4, -0.2) is 52.9 Å². The normalized spacial score (nSPS) is 22.8. The highest BCUT2D eigenvalue weighted by molar-refractivity contribution is 5.99. The van der Waals surface area contributed by atoms with E-state index >= 15 is 0 Å². The van der Waals surface area contributed by atoms with Crippen LogP contribution in [-0.2, 0) is 13.1 Å². The van der Waals surface area contributed by atoms with Crippen LogP contribution in [0.5, 0.6) is 0 Å². The Labute approximate surface area is 201 Å². The molecule has 1 N–H and O–H groups in total. The lowest BCUT2D eigenvalue weighted by atomic mass is 9.99. The van der Waals surface area contributed by atoms with Gasteiger partial charge in [0.25, 0.3) is 5.91 Å². The number of hydrogen-bond acceptors (Lipinski definition) is 4. The summed E-state index contributed by atoms with van der Waals surface area (Å²) in [6.45, 7) is 5.85. The molecule has 4 heterocycles. The van der Waals surface area contributed by atoms with Crippen LogP contribution in [0.4, 0.5) is 0 Å². The lowest BCUT2D eigenvalue weighted by Gasteiger charge is -2.31. The number of hydrogen-bond donors (Lipinski definition) is 1. The van der Waals surface area contributed by atoms with Crippen LogP contribution in [0.3, 0.4) is 0 Å². The number of benzene rings is 2. The SMILES string of the molecule is O=C1c2ccc(-c3cc(CN4CC[C@@H](c5ccccc5)C4)ccn3)cc2CN1C1CCCNC1. The fraction of sp³-hybridized carbons (Fsp3) is 0.379. The molecular formula is C29H32N4O. The standard InChI is InChI=1S/C29H32N4O/c34-29-27-9-8-23(16-25(27)20-33(29)26-7-4-12-30-17-26)28-15-21(10-13-31-28)18-32-14-11-24(19-32)22-5-2-1-3-6-22/h1-3,5-6,8-10,13,15-16,24,26,30H,4,7,11-12,14,17-20H2/t24-,26?/m1/s1. The van der Waals surface area contributed by atoms with Crippen molar-refractivity contribution in [3.8, 4) is 11.3 Å². The number of carbonyl (C=O) groups is 1. The number of nitrogens with one attached hydrogen (secondary N) is 1. The number of rotatable bonds is 5. The zero-order valence-electron chi connectivity index (χ0n) is 19.6. The molecule has 5 heteroatoms. The average Bonchev–Trinajstić information content (AvgIpc) is 3.49. The van der Waals surface area contributed by atoms with Gasteiger partial charge in [0.1, 0.15) is 0 Å². The third kappa shape index (κ3) is 4.26. The van der Waals surface area contributed by atoms with Crippen LogP contribution in [0.2, 0.25) is 0 Å². The number of carbonyl (C=O) groups excluding carboxylic acids is 1. The number of amides is 1. The zero-order chi connectivity index (χ0) is 22.9. The van der Waals surface area contributed by atoms with E-state index in [1.54, 1.807) is 0 Å². The second-order valence-electron chi connectivity index (χ2n) is 9.99. The van der Waals surface area contributed by atoms with Gasteiger partial charge < -0.3 is 10.2 Å². The molecule has 3 aromatic rings. The number of nitrogens with zero attached hydrogens (tertiary/aromatic N) is 3. The van der Waals surface area contributed by atoms with Crippen molar-refractivity contribution < 1.29 is 4.79 Å². The molecule has 0 spiro atoms. The molecule has 0 aliphatic carbocycles. The third-order valence-corrected chi connectivity index (χ3v) is 7.72. The minimum absolute atomic E-state index is 0.180. The van der Waals surface area contributed by atoms with E-state index in [1.165, 1.54) is 17.5 Å². The van der Waals surface area contributed by atoms with Gasteiger partial charge in [-0.15, -0.1) is 0 Å². The zero-order valence-corrected chi connectivity index (χ0v) is 19.6. The first kappa shape index (κ1) is 21.5. The van der Waals surface area contributed by atoms with Crippen molar-refractivity contribution in [1.29, 1.82) is 0 Å². The molecule has 5 nitrogen and oxygen atoms in total. The maximum atomic E-state index is 13.0. The smallest absolute Gasteiger partial charge is 0.254 e. The number of likely N-dealkylation sites (tertiary alicyclic amines) is 1. The summed E-state index contributed by atoms with van der Waals surface area (Å²) in [5.74, 6) is 0.804. The molecule has 34 heavy (non-hydrogen) atoms. The summed E-state index contributed by atoms with van der Waals surface area (Å²) in [5.41, 5.74) is 6.82. The van der Waals surface area contributed by atoms with E-state index in [-0.39, 0.29) is 5.91 Å². The highest BCUT2D eigenvalue weighted by atomic mass is 16.2. The van der Waals surface area contributed by atoms with Crippen LogP contribution in [0.25, 0.3) is 11.3 Å². The van der Waals surface area contributed by atoms with E-state index in [0.29, 0.717) is 18.5 Å². The fourth-order valence-corrected chi connectivity index (χ4v) is 5.86. The second kappa shape index (κ2) is 9.32. The topological polar surface area (TPSA) is 48.5 Å². The minimum atomic E-state index is 0.180. The first-order chi connectivity index (χ1) is 16.7. The summed E-state index contributed by atoms with van der Waals surface area (Å²) in [6.07, 6.45) is 5.36. The quantitative estimate of drug-likeness (QED) is 0.622. The summed E-state index contributed by atoms with van der Waals surface area (Å²) in [4.78, 5) is 22.3. The van der Waals surface area contributed by atoms with E-state index in [9.17, 15) is 4.79 Å². The molecule has 3 aliphatic rings. The second-order valence-corrected chi connectivity index (χ2v) is 9.99. The molecule has 2 fully saturated rings. The molecule has 0 radical (unpaired) electrons.